The van der Waals surface area contributed by atoms with Gasteiger partial charge in [0.1, 0.15) is 5.82 Å². The highest BCUT2D eigenvalue weighted by Gasteiger charge is 2.11. The fourth-order valence-corrected chi connectivity index (χ4v) is 2.18. The molecule has 1 rings (SSSR count). The third-order valence-corrected chi connectivity index (χ3v) is 3.45. The Bertz CT molecular complexity index is 441. The Hall–Kier alpha value is -1.41. The van der Waals surface area contributed by atoms with Crippen molar-refractivity contribution in [1.82, 2.24) is 14.7 Å². The van der Waals surface area contributed by atoms with Crippen LogP contribution in [0, 0.1) is 0 Å². The van der Waals surface area contributed by atoms with E-state index in [-0.39, 0.29) is 25.1 Å². The van der Waals surface area contributed by atoms with E-state index in [9.17, 15) is 13.2 Å². The average molecular weight is 261 g/mol. The maximum Gasteiger partial charge on any atom is 0.305 e. The zero-order valence-corrected chi connectivity index (χ0v) is 10.3. The van der Waals surface area contributed by atoms with Gasteiger partial charge in [-0.2, -0.15) is 0 Å². The molecule has 0 aliphatic carbocycles. The van der Waals surface area contributed by atoms with E-state index in [0.29, 0.717) is 5.82 Å². The van der Waals surface area contributed by atoms with Crippen LogP contribution < -0.4 is 4.72 Å². The van der Waals surface area contributed by atoms with Gasteiger partial charge in [-0.1, -0.05) is 0 Å². The van der Waals surface area contributed by atoms with Crippen molar-refractivity contribution >= 4 is 16.0 Å². The zero-order valence-electron chi connectivity index (χ0n) is 9.47. The minimum atomic E-state index is -3.38. The third-order valence-electron chi connectivity index (χ3n) is 2.04. The van der Waals surface area contributed by atoms with Crippen LogP contribution in [0.3, 0.4) is 0 Å². The van der Waals surface area contributed by atoms with Gasteiger partial charge in [0.05, 0.1) is 19.4 Å². The van der Waals surface area contributed by atoms with Crippen molar-refractivity contribution in [3.8, 4) is 0 Å². The number of sulfonamides is 1. The first-order chi connectivity index (χ1) is 8.03. The largest absolute Gasteiger partial charge is 0.469 e. The van der Waals surface area contributed by atoms with Crippen LogP contribution in [0.5, 0.6) is 0 Å². The number of methoxy groups -OCH3 is 1. The van der Waals surface area contributed by atoms with E-state index < -0.39 is 16.0 Å². The van der Waals surface area contributed by atoms with Crippen LogP contribution in [0.15, 0.2) is 12.4 Å². The summed E-state index contributed by atoms with van der Waals surface area (Å²) in [5, 5.41) is 0. The molecule has 0 fully saturated rings. The van der Waals surface area contributed by atoms with Crippen LogP contribution in [0.2, 0.25) is 0 Å². The Morgan fingerprint density at radius 1 is 1.59 bits per heavy atom. The summed E-state index contributed by atoms with van der Waals surface area (Å²) >= 11 is 0. The van der Waals surface area contributed by atoms with Gasteiger partial charge in [-0.15, -0.1) is 0 Å². The number of aromatic nitrogens is 2. The minimum Gasteiger partial charge on any atom is -0.469 e. The van der Waals surface area contributed by atoms with E-state index in [1.54, 1.807) is 12.4 Å². The maximum absolute atomic E-state index is 11.5. The van der Waals surface area contributed by atoms with Gasteiger partial charge in [-0.25, -0.2) is 18.1 Å². The lowest BCUT2D eigenvalue weighted by atomic mass is 10.3. The molecule has 17 heavy (non-hydrogen) atoms. The molecule has 1 aromatic rings. The van der Waals surface area contributed by atoms with Crippen LogP contribution >= 0.6 is 0 Å². The summed E-state index contributed by atoms with van der Waals surface area (Å²) in [6, 6.07) is 0. The summed E-state index contributed by atoms with van der Waals surface area (Å²) in [4.78, 5) is 17.5. The van der Waals surface area contributed by atoms with Crippen molar-refractivity contribution in [3.05, 3.63) is 18.2 Å². The fourth-order valence-electron chi connectivity index (χ4n) is 1.15. The number of rotatable bonds is 7. The first-order valence-corrected chi connectivity index (χ1v) is 6.71. The maximum atomic E-state index is 11.5. The van der Waals surface area contributed by atoms with Crippen LogP contribution in [-0.2, 0) is 26.1 Å². The van der Waals surface area contributed by atoms with Gasteiger partial charge in [0.25, 0.3) is 0 Å². The summed E-state index contributed by atoms with van der Waals surface area (Å²) in [5.74, 6) is 0.0239. The van der Waals surface area contributed by atoms with Gasteiger partial charge in [-0.05, 0) is 6.42 Å². The predicted molar refractivity (Wildman–Crippen MR) is 60.5 cm³/mol. The molecular weight excluding hydrogens is 246 g/mol. The van der Waals surface area contributed by atoms with E-state index in [1.165, 1.54) is 7.11 Å². The molecule has 0 amide bonds. The Labute approximate surface area is 99.6 Å². The Balaban J connectivity index is 2.29. The van der Waals surface area contributed by atoms with Crippen LogP contribution in [0.25, 0.3) is 0 Å². The summed E-state index contributed by atoms with van der Waals surface area (Å²) in [6.07, 6.45) is 3.49. The van der Waals surface area contributed by atoms with Gasteiger partial charge >= 0.3 is 5.97 Å². The second-order valence-corrected chi connectivity index (χ2v) is 5.28. The van der Waals surface area contributed by atoms with Crippen LogP contribution in [0.4, 0.5) is 0 Å². The molecule has 0 aliphatic rings. The Morgan fingerprint density at radius 2 is 2.35 bits per heavy atom. The molecule has 0 aliphatic heterocycles. The molecule has 0 unspecified atom stereocenters. The van der Waals surface area contributed by atoms with Crippen molar-refractivity contribution in [2.75, 3.05) is 12.9 Å². The molecule has 0 atom stereocenters. The van der Waals surface area contributed by atoms with E-state index >= 15 is 0 Å². The first kappa shape index (κ1) is 13.7. The summed E-state index contributed by atoms with van der Waals surface area (Å²) in [7, 11) is -2.11. The Kier molecular flexibility index (Phi) is 5.11. The van der Waals surface area contributed by atoms with E-state index in [4.69, 9.17) is 0 Å². The molecule has 7 nitrogen and oxygen atoms in total. The topological polar surface area (TPSA) is 101 Å². The lowest BCUT2D eigenvalue weighted by Crippen LogP contribution is -2.26. The highest BCUT2D eigenvalue weighted by molar-refractivity contribution is 7.89. The standard InChI is InChI=1S/C9H15N3O4S/c1-16-9(13)3-2-6-17(14,15)12-7-8-10-4-5-11-8/h4-5,12H,2-3,6-7H2,1H3,(H,10,11). The van der Waals surface area contributed by atoms with Crippen LogP contribution in [-0.4, -0.2) is 37.2 Å². The van der Waals surface area contributed by atoms with E-state index in [1.807, 2.05) is 0 Å². The minimum absolute atomic E-state index is 0.0954. The number of carbonyl (C=O) groups is 1. The summed E-state index contributed by atoms with van der Waals surface area (Å²) in [5.41, 5.74) is 0. The molecule has 1 heterocycles. The number of imidazole rings is 1. The molecule has 0 aromatic carbocycles. The molecule has 0 spiro atoms. The highest BCUT2D eigenvalue weighted by Crippen LogP contribution is 1.97. The normalized spacial score (nSPS) is 11.4. The third kappa shape index (κ3) is 5.45. The molecule has 0 bridgehead atoms. The number of hydrogen-bond donors (Lipinski definition) is 2. The molecule has 0 saturated carbocycles. The second kappa shape index (κ2) is 6.36. The predicted octanol–water partition coefficient (Wildman–Crippen LogP) is -0.218. The summed E-state index contributed by atoms with van der Waals surface area (Å²) < 4.78 is 29.8. The van der Waals surface area contributed by atoms with Gasteiger partial charge in [0, 0.05) is 18.8 Å². The molecular formula is C9H15N3O4S. The zero-order chi connectivity index (χ0) is 12.7. The quantitative estimate of drug-likeness (QED) is 0.661. The monoisotopic (exact) mass is 261 g/mol. The van der Waals surface area contributed by atoms with Crippen molar-refractivity contribution in [3.63, 3.8) is 0 Å². The SMILES string of the molecule is COC(=O)CCCS(=O)(=O)NCc1ncc[nH]1. The molecule has 96 valence electrons. The van der Waals surface area contributed by atoms with Crippen LogP contribution in [0.1, 0.15) is 18.7 Å². The number of esters is 1. The first-order valence-electron chi connectivity index (χ1n) is 5.06. The smallest absolute Gasteiger partial charge is 0.305 e. The number of hydrogen-bond acceptors (Lipinski definition) is 5. The van der Waals surface area contributed by atoms with Gasteiger partial charge in [0.15, 0.2) is 0 Å². The lowest BCUT2D eigenvalue weighted by molar-refractivity contribution is -0.140. The van der Waals surface area contributed by atoms with Crippen molar-refractivity contribution in [2.45, 2.75) is 19.4 Å². The van der Waals surface area contributed by atoms with Gasteiger partial charge in [-0.3, -0.25) is 4.79 Å². The summed E-state index contributed by atoms with van der Waals surface area (Å²) in [6.45, 7) is 0.119. The second-order valence-electron chi connectivity index (χ2n) is 3.36. The van der Waals surface area contributed by atoms with Crippen molar-refractivity contribution in [1.29, 1.82) is 0 Å². The molecule has 1 aromatic heterocycles. The molecule has 2 N–H and O–H groups in total. The number of aromatic amines is 1. The number of nitrogens with one attached hydrogen (secondary N) is 2. The fraction of sp³-hybridized carbons (Fsp3) is 0.556. The highest BCUT2D eigenvalue weighted by atomic mass is 32.2. The van der Waals surface area contributed by atoms with Gasteiger partial charge in [0.2, 0.25) is 10.0 Å². The number of nitrogens with zero attached hydrogens (tertiary/aromatic N) is 1. The number of ether oxygens (including phenoxy) is 1. The molecule has 0 saturated heterocycles. The Morgan fingerprint density at radius 3 is 2.94 bits per heavy atom. The van der Waals surface area contributed by atoms with E-state index in [0.717, 1.165) is 0 Å². The molecule has 0 radical (unpaired) electrons. The molecule has 8 heteroatoms. The lowest BCUT2D eigenvalue weighted by Gasteiger charge is -2.04. The number of carbonyl (C=O) groups excluding carboxylic acids is 1. The van der Waals surface area contributed by atoms with Crippen molar-refractivity contribution in [2.24, 2.45) is 0 Å². The number of H-pyrrole nitrogens is 1. The van der Waals surface area contributed by atoms with Crippen molar-refractivity contribution < 1.29 is 17.9 Å². The van der Waals surface area contributed by atoms with Gasteiger partial charge < -0.3 is 9.72 Å². The van der Waals surface area contributed by atoms with E-state index in [2.05, 4.69) is 19.4 Å². The average Bonchev–Trinajstić information content (AvgIpc) is 2.79.